The third-order valence-corrected chi connectivity index (χ3v) is 5.70. The fourth-order valence-electron chi connectivity index (χ4n) is 3.85. The van der Waals surface area contributed by atoms with E-state index in [2.05, 4.69) is 41.3 Å². The van der Waals surface area contributed by atoms with Crippen LogP contribution in [0.5, 0.6) is 0 Å². The Labute approximate surface area is 173 Å². The van der Waals surface area contributed by atoms with Crippen LogP contribution < -0.4 is 5.32 Å². The van der Waals surface area contributed by atoms with Gasteiger partial charge in [-0.3, -0.25) is 9.69 Å². The number of fused-ring (bicyclic) bond motifs is 1. The molecule has 156 valence electrons. The van der Waals surface area contributed by atoms with Gasteiger partial charge >= 0.3 is 0 Å². The number of benzene rings is 1. The lowest BCUT2D eigenvalue weighted by molar-refractivity contribution is -0.134. The predicted molar refractivity (Wildman–Crippen MR) is 116 cm³/mol. The molecular weight excluding hydrogens is 364 g/mol. The molecule has 29 heavy (non-hydrogen) atoms. The Hall–Kier alpha value is -2.25. The van der Waals surface area contributed by atoms with Gasteiger partial charge in [-0.2, -0.15) is 0 Å². The second-order valence-corrected chi connectivity index (χ2v) is 8.46. The zero-order chi connectivity index (χ0) is 20.2. The van der Waals surface area contributed by atoms with Crippen LogP contribution in [0.4, 0.5) is 5.82 Å². The molecule has 1 aliphatic carbocycles. The standard InChI is InChI=1S/C22H32N6O/c1-26(2)11-5-10-23-21-18-6-3-4-7-19(18)24-20(25-21)16-27-12-14-28(15-13-27)22(29)17-8-9-17/h3-4,6-7,17H,5,8-16H2,1-2H3,(H,23,24,25). The second-order valence-electron chi connectivity index (χ2n) is 8.46. The van der Waals surface area contributed by atoms with E-state index >= 15 is 0 Å². The lowest BCUT2D eigenvalue weighted by Gasteiger charge is -2.34. The van der Waals surface area contributed by atoms with Gasteiger partial charge in [0.25, 0.3) is 0 Å². The van der Waals surface area contributed by atoms with Crippen LogP contribution >= 0.6 is 0 Å². The molecule has 1 aromatic carbocycles. The van der Waals surface area contributed by atoms with Gasteiger partial charge in [-0.25, -0.2) is 9.97 Å². The largest absolute Gasteiger partial charge is 0.369 e. The highest BCUT2D eigenvalue weighted by atomic mass is 16.2. The Bertz CT molecular complexity index is 842. The molecule has 1 aromatic heterocycles. The Morgan fingerprint density at radius 3 is 2.62 bits per heavy atom. The van der Waals surface area contributed by atoms with Crippen LogP contribution in [0.15, 0.2) is 24.3 Å². The van der Waals surface area contributed by atoms with Crippen LogP contribution in [0.2, 0.25) is 0 Å². The van der Waals surface area contributed by atoms with Crippen LogP contribution in [-0.4, -0.2) is 83.9 Å². The van der Waals surface area contributed by atoms with Crippen LogP contribution in [0.1, 0.15) is 25.1 Å². The van der Waals surface area contributed by atoms with Crippen molar-refractivity contribution in [1.82, 2.24) is 24.7 Å². The monoisotopic (exact) mass is 396 g/mol. The summed E-state index contributed by atoms with van der Waals surface area (Å²) in [6, 6.07) is 8.19. The third-order valence-electron chi connectivity index (χ3n) is 5.70. The van der Waals surface area contributed by atoms with Gasteiger partial charge in [0.05, 0.1) is 12.1 Å². The highest BCUT2D eigenvalue weighted by Crippen LogP contribution is 2.31. The number of nitrogens with zero attached hydrogens (tertiary/aromatic N) is 5. The first-order chi connectivity index (χ1) is 14.1. The Morgan fingerprint density at radius 2 is 1.90 bits per heavy atom. The molecule has 4 rings (SSSR count). The summed E-state index contributed by atoms with van der Waals surface area (Å²) in [6.45, 7) is 6.08. The zero-order valence-electron chi connectivity index (χ0n) is 17.6. The van der Waals surface area contributed by atoms with E-state index in [-0.39, 0.29) is 0 Å². The number of nitrogens with one attached hydrogen (secondary N) is 1. The number of hydrogen-bond acceptors (Lipinski definition) is 6. The number of para-hydroxylation sites is 1. The quantitative estimate of drug-likeness (QED) is 0.689. The number of anilines is 1. The molecule has 2 heterocycles. The van der Waals surface area contributed by atoms with Crippen molar-refractivity contribution in [2.24, 2.45) is 5.92 Å². The fourth-order valence-corrected chi connectivity index (χ4v) is 3.85. The number of amides is 1. The van der Waals surface area contributed by atoms with Crippen molar-refractivity contribution in [2.75, 3.05) is 58.7 Å². The SMILES string of the molecule is CN(C)CCCNc1nc(CN2CCN(C(=O)C3CC3)CC2)nc2ccccc12. The van der Waals surface area contributed by atoms with Gasteiger partial charge in [0, 0.05) is 44.0 Å². The average molecular weight is 397 g/mol. The minimum absolute atomic E-state index is 0.312. The number of aromatic nitrogens is 2. The molecule has 1 aliphatic heterocycles. The third kappa shape index (κ3) is 5.22. The van der Waals surface area contributed by atoms with Gasteiger partial charge in [0.1, 0.15) is 11.6 Å². The van der Waals surface area contributed by atoms with Crippen LogP contribution in [0.3, 0.4) is 0 Å². The summed E-state index contributed by atoms with van der Waals surface area (Å²) in [5, 5.41) is 4.58. The molecule has 2 aromatic rings. The van der Waals surface area contributed by atoms with Crippen molar-refractivity contribution in [3.63, 3.8) is 0 Å². The van der Waals surface area contributed by atoms with Gasteiger partial charge in [-0.1, -0.05) is 12.1 Å². The summed E-state index contributed by atoms with van der Waals surface area (Å²) < 4.78 is 0. The normalized spacial score (nSPS) is 17.8. The summed E-state index contributed by atoms with van der Waals surface area (Å²) in [5.74, 6) is 2.44. The molecule has 0 spiro atoms. The van der Waals surface area contributed by atoms with E-state index in [0.29, 0.717) is 11.8 Å². The van der Waals surface area contributed by atoms with Gasteiger partial charge in [0.15, 0.2) is 0 Å². The van der Waals surface area contributed by atoms with E-state index in [1.165, 1.54) is 0 Å². The highest BCUT2D eigenvalue weighted by Gasteiger charge is 2.34. The van der Waals surface area contributed by atoms with Crippen molar-refractivity contribution >= 4 is 22.6 Å². The van der Waals surface area contributed by atoms with Gasteiger partial charge in [-0.15, -0.1) is 0 Å². The van der Waals surface area contributed by atoms with Gasteiger partial charge < -0.3 is 15.1 Å². The fraction of sp³-hybridized carbons (Fsp3) is 0.591. The van der Waals surface area contributed by atoms with Crippen molar-refractivity contribution in [2.45, 2.75) is 25.8 Å². The first kappa shape index (κ1) is 20.0. The van der Waals surface area contributed by atoms with E-state index in [9.17, 15) is 4.79 Å². The van der Waals surface area contributed by atoms with E-state index in [1.807, 2.05) is 17.0 Å². The molecule has 1 N–H and O–H groups in total. The number of hydrogen-bond donors (Lipinski definition) is 1. The average Bonchev–Trinajstić information content (AvgIpc) is 3.56. The summed E-state index contributed by atoms with van der Waals surface area (Å²) in [6.07, 6.45) is 3.22. The van der Waals surface area contributed by atoms with Crippen molar-refractivity contribution in [1.29, 1.82) is 0 Å². The molecule has 1 amide bonds. The summed E-state index contributed by atoms with van der Waals surface area (Å²) >= 11 is 0. The summed E-state index contributed by atoms with van der Waals surface area (Å²) in [4.78, 5) is 28.5. The van der Waals surface area contributed by atoms with Crippen molar-refractivity contribution < 1.29 is 4.79 Å². The maximum absolute atomic E-state index is 12.3. The molecule has 0 atom stereocenters. The Morgan fingerprint density at radius 1 is 1.14 bits per heavy atom. The van der Waals surface area contributed by atoms with E-state index in [4.69, 9.17) is 9.97 Å². The molecular formula is C22H32N6O. The molecule has 7 heteroatoms. The molecule has 7 nitrogen and oxygen atoms in total. The van der Waals surface area contributed by atoms with Gasteiger partial charge in [0.2, 0.25) is 5.91 Å². The minimum Gasteiger partial charge on any atom is -0.369 e. The van der Waals surface area contributed by atoms with Crippen molar-refractivity contribution in [3.05, 3.63) is 30.1 Å². The Kier molecular flexibility index (Phi) is 6.25. The lowest BCUT2D eigenvalue weighted by atomic mass is 10.2. The first-order valence-corrected chi connectivity index (χ1v) is 10.8. The molecule has 2 fully saturated rings. The maximum atomic E-state index is 12.3. The number of piperazine rings is 1. The lowest BCUT2D eigenvalue weighted by Crippen LogP contribution is -2.48. The molecule has 0 bridgehead atoms. The topological polar surface area (TPSA) is 64.6 Å². The predicted octanol–water partition coefficient (Wildman–Crippen LogP) is 2.05. The number of carbonyl (C=O) groups excluding carboxylic acids is 1. The number of carbonyl (C=O) groups is 1. The smallest absolute Gasteiger partial charge is 0.225 e. The maximum Gasteiger partial charge on any atom is 0.225 e. The summed E-state index contributed by atoms with van der Waals surface area (Å²) in [7, 11) is 4.19. The van der Waals surface area contributed by atoms with E-state index < -0.39 is 0 Å². The van der Waals surface area contributed by atoms with Crippen LogP contribution in [0.25, 0.3) is 10.9 Å². The molecule has 2 aliphatic rings. The molecule has 1 saturated carbocycles. The minimum atomic E-state index is 0.312. The number of rotatable bonds is 8. The Balaban J connectivity index is 1.40. The van der Waals surface area contributed by atoms with Crippen molar-refractivity contribution in [3.8, 4) is 0 Å². The highest BCUT2D eigenvalue weighted by molar-refractivity contribution is 5.89. The van der Waals surface area contributed by atoms with E-state index in [1.54, 1.807) is 0 Å². The van der Waals surface area contributed by atoms with Crippen LogP contribution in [0, 0.1) is 5.92 Å². The van der Waals surface area contributed by atoms with Crippen LogP contribution in [-0.2, 0) is 11.3 Å². The van der Waals surface area contributed by atoms with E-state index in [0.717, 1.165) is 87.6 Å². The molecule has 0 radical (unpaired) electrons. The molecule has 0 unspecified atom stereocenters. The second kappa shape index (κ2) is 9.05. The summed E-state index contributed by atoms with van der Waals surface area (Å²) in [5.41, 5.74) is 0.982. The first-order valence-electron chi connectivity index (χ1n) is 10.8. The van der Waals surface area contributed by atoms with Gasteiger partial charge in [-0.05, 0) is 52.0 Å². The molecule has 1 saturated heterocycles. The zero-order valence-corrected chi connectivity index (χ0v) is 17.6.